The molecule has 0 aliphatic carbocycles. The van der Waals surface area contributed by atoms with Crippen molar-refractivity contribution >= 4 is 5.91 Å². The third-order valence-corrected chi connectivity index (χ3v) is 2.32. The zero-order valence-corrected chi connectivity index (χ0v) is 9.40. The summed E-state index contributed by atoms with van der Waals surface area (Å²) < 4.78 is 0. The maximum atomic E-state index is 11.8. The first-order valence-corrected chi connectivity index (χ1v) is 5.01. The normalized spacial score (nSPS) is 12.9. The molecular formula is C10H18N4O. The maximum absolute atomic E-state index is 11.8. The molecule has 1 aromatic rings. The van der Waals surface area contributed by atoms with Crippen molar-refractivity contribution in [2.75, 3.05) is 7.05 Å². The van der Waals surface area contributed by atoms with Gasteiger partial charge in [-0.1, -0.05) is 13.8 Å². The van der Waals surface area contributed by atoms with Crippen LogP contribution in [0.3, 0.4) is 0 Å². The number of carbonyl (C=O) groups is 1. The molecule has 0 unspecified atom stereocenters. The molecule has 0 aliphatic rings. The summed E-state index contributed by atoms with van der Waals surface area (Å²) in [6, 6.07) is -0.440. The predicted molar refractivity (Wildman–Crippen MR) is 57.9 cm³/mol. The van der Waals surface area contributed by atoms with Gasteiger partial charge in [0.1, 0.15) is 5.82 Å². The Bertz CT molecular complexity index is 307. The highest BCUT2D eigenvalue weighted by Crippen LogP contribution is 2.04. The van der Waals surface area contributed by atoms with E-state index in [1.165, 1.54) is 0 Å². The van der Waals surface area contributed by atoms with Crippen LogP contribution in [0.1, 0.15) is 19.7 Å². The molecule has 0 radical (unpaired) electrons. The van der Waals surface area contributed by atoms with E-state index >= 15 is 0 Å². The molecule has 0 saturated carbocycles. The molecule has 5 heteroatoms. The lowest BCUT2D eigenvalue weighted by molar-refractivity contribution is -0.132. The topological polar surface area (TPSA) is 75.0 Å². The van der Waals surface area contributed by atoms with Crippen LogP contribution in [0, 0.1) is 5.92 Å². The number of carbonyl (C=O) groups excluding carboxylic acids is 1. The van der Waals surface area contributed by atoms with Crippen molar-refractivity contribution in [3.63, 3.8) is 0 Å². The predicted octanol–water partition coefficient (Wildman–Crippen LogP) is 0.351. The largest absolute Gasteiger partial charge is 0.347 e. The smallest absolute Gasteiger partial charge is 0.239 e. The Morgan fingerprint density at radius 3 is 2.80 bits per heavy atom. The average molecular weight is 210 g/mol. The lowest BCUT2D eigenvalue weighted by Gasteiger charge is -2.22. The van der Waals surface area contributed by atoms with Crippen molar-refractivity contribution in [1.82, 2.24) is 14.9 Å². The number of aromatic nitrogens is 2. The Kier molecular flexibility index (Phi) is 3.85. The highest BCUT2D eigenvalue weighted by atomic mass is 16.2. The minimum Gasteiger partial charge on any atom is -0.347 e. The molecule has 1 heterocycles. The number of H-pyrrole nitrogens is 1. The lowest BCUT2D eigenvalue weighted by atomic mass is 10.0. The zero-order valence-electron chi connectivity index (χ0n) is 9.40. The maximum Gasteiger partial charge on any atom is 0.239 e. The van der Waals surface area contributed by atoms with E-state index in [1.807, 2.05) is 13.8 Å². The molecule has 1 atom stereocenters. The molecule has 1 rings (SSSR count). The van der Waals surface area contributed by atoms with Crippen LogP contribution < -0.4 is 5.73 Å². The summed E-state index contributed by atoms with van der Waals surface area (Å²) in [5, 5.41) is 0. The number of hydrogen-bond donors (Lipinski definition) is 2. The molecule has 0 aromatic carbocycles. The van der Waals surface area contributed by atoms with Crippen LogP contribution in [0.2, 0.25) is 0 Å². The first-order chi connectivity index (χ1) is 7.02. The third kappa shape index (κ3) is 3.06. The minimum atomic E-state index is -0.440. The van der Waals surface area contributed by atoms with Gasteiger partial charge in [-0.25, -0.2) is 4.98 Å². The molecule has 84 valence electrons. The van der Waals surface area contributed by atoms with Gasteiger partial charge >= 0.3 is 0 Å². The molecule has 0 fully saturated rings. The molecular weight excluding hydrogens is 192 g/mol. The molecule has 0 saturated heterocycles. The van der Waals surface area contributed by atoms with E-state index in [0.29, 0.717) is 6.54 Å². The van der Waals surface area contributed by atoms with Crippen molar-refractivity contribution in [1.29, 1.82) is 0 Å². The lowest BCUT2D eigenvalue weighted by Crippen LogP contribution is -2.44. The summed E-state index contributed by atoms with van der Waals surface area (Å²) in [4.78, 5) is 20.4. The van der Waals surface area contributed by atoms with Crippen LogP contribution in [0.15, 0.2) is 12.4 Å². The first-order valence-electron chi connectivity index (χ1n) is 5.01. The van der Waals surface area contributed by atoms with E-state index in [9.17, 15) is 4.79 Å². The van der Waals surface area contributed by atoms with Gasteiger partial charge in [-0.2, -0.15) is 0 Å². The fraction of sp³-hybridized carbons (Fsp3) is 0.600. The monoisotopic (exact) mass is 210 g/mol. The molecule has 1 amide bonds. The summed E-state index contributed by atoms with van der Waals surface area (Å²) in [6.07, 6.45) is 3.39. The molecule has 15 heavy (non-hydrogen) atoms. The van der Waals surface area contributed by atoms with E-state index in [2.05, 4.69) is 9.97 Å². The quantitative estimate of drug-likeness (QED) is 0.753. The summed E-state index contributed by atoms with van der Waals surface area (Å²) >= 11 is 0. The van der Waals surface area contributed by atoms with Crippen LogP contribution in [-0.4, -0.2) is 33.9 Å². The molecule has 1 aromatic heterocycles. The fourth-order valence-electron chi connectivity index (χ4n) is 1.23. The Labute approximate surface area is 89.7 Å². The van der Waals surface area contributed by atoms with Crippen LogP contribution in [0.5, 0.6) is 0 Å². The number of imidazole rings is 1. The summed E-state index contributed by atoms with van der Waals surface area (Å²) in [5.74, 6) is 0.861. The van der Waals surface area contributed by atoms with Gasteiger partial charge in [0.25, 0.3) is 0 Å². The van der Waals surface area contributed by atoms with Gasteiger partial charge in [0.05, 0.1) is 12.6 Å². The van der Waals surface area contributed by atoms with Gasteiger partial charge < -0.3 is 15.6 Å². The zero-order chi connectivity index (χ0) is 11.4. The van der Waals surface area contributed by atoms with Crippen molar-refractivity contribution in [2.45, 2.75) is 26.4 Å². The van der Waals surface area contributed by atoms with E-state index in [1.54, 1.807) is 24.3 Å². The Morgan fingerprint density at radius 1 is 1.67 bits per heavy atom. The van der Waals surface area contributed by atoms with Crippen LogP contribution in [0.25, 0.3) is 0 Å². The van der Waals surface area contributed by atoms with Gasteiger partial charge in [-0.3, -0.25) is 4.79 Å². The van der Waals surface area contributed by atoms with Crippen LogP contribution in [0.4, 0.5) is 0 Å². The van der Waals surface area contributed by atoms with Gasteiger partial charge in [-0.15, -0.1) is 0 Å². The Balaban J connectivity index is 2.54. The molecule has 0 bridgehead atoms. The van der Waals surface area contributed by atoms with Gasteiger partial charge in [-0.05, 0) is 5.92 Å². The Morgan fingerprint density at radius 2 is 2.33 bits per heavy atom. The number of nitrogens with two attached hydrogens (primary N) is 1. The molecule has 3 N–H and O–H groups in total. The number of nitrogens with zero attached hydrogens (tertiary/aromatic N) is 2. The molecule has 0 aliphatic heterocycles. The highest BCUT2D eigenvalue weighted by Gasteiger charge is 2.21. The first kappa shape index (κ1) is 11.7. The van der Waals surface area contributed by atoms with E-state index in [-0.39, 0.29) is 11.8 Å². The number of likely N-dealkylation sites (N-methyl/N-ethyl adjacent to an activating group) is 1. The van der Waals surface area contributed by atoms with E-state index in [4.69, 9.17) is 5.73 Å². The van der Waals surface area contributed by atoms with Crippen molar-refractivity contribution in [3.05, 3.63) is 18.2 Å². The third-order valence-electron chi connectivity index (χ3n) is 2.32. The number of aromatic amines is 1. The number of nitrogens with one attached hydrogen (secondary N) is 1. The van der Waals surface area contributed by atoms with Crippen molar-refractivity contribution in [2.24, 2.45) is 11.7 Å². The standard InChI is InChI=1S/C10H18N4O/c1-7(2)9(11)10(15)14(3)6-8-12-4-5-13-8/h4-5,7,9H,6,11H2,1-3H3,(H,12,13)/t9-/m0/s1. The SMILES string of the molecule is CC(C)[C@H](N)C(=O)N(C)Cc1ncc[nH]1. The van der Waals surface area contributed by atoms with Gasteiger partial charge in [0.15, 0.2) is 0 Å². The number of amides is 1. The van der Waals surface area contributed by atoms with Crippen molar-refractivity contribution < 1.29 is 4.79 Å². The Hall–Kier alpha value is -1.36. The van der Waals surface area contributed by atoms with E-state index in [0.717, 1.165) is 5.82 Å². The second kappa shape index (κ2) is 4.93. The van der Waals surface area contributed by atoms with Gasteiger partial charge in [0.2, 0.25) is 5.91 Å². The summed E-state index contributed by atoms with van der Waals surface area (Å²) in [7, 11) is 1.73. The number of hydrogen-bond acceptors (Lipinski definition) is 3. The van der Waals surface area contributed by atoms with Gasteiger partial charge in [0, 0.05) is 19.4 Å². The summed E-state index contributed by atoms with van der Waals surface area (Å²) in [6.45, 7) is 4.33. The second-order valence-electron chi connectivity index (χ2n) is 4.00. The second-order valence-corrected chi connectivity index (χ2v) is 4.00. The number of rotatable bonds is 4. The van der Waals surface area contributed by atoms with Crippen LogP contribution >= 0.6 is 0 Å². The molecule has 5 nitrogen and oxygen atoms in total. The van der Waals surface area contributed by atoms with Crippen molar-refractivity contribution in [3.8, 4) is 0 Å². The fourth-order valence-corrected chi connectivity index (χ4v) is 1.23. The molecule has 0 spiro atoms. The highest BCUT2D eigenvalue weighted by molar-refractivity contribution is 5.81. The minimum absolute atomic E-state index is 0.0543. The average Bonchev–Trinajstić information content (AvgIpc) is 2.67. The summed E-state index contributed by atoms with van der Waals surface area (Å²) in [5.41, 5.74) is 5.77. The van der Waals surface area contributed by atoms with E-state index < -0.39 is 6.04 Å². The van der Waals surface area contributed by atoms with Crippen LogP contribution in [-0.2, 0) is 11.3 Å².